The molecular weight excluding hydrogens is 148 g/mol. The molecule has 0 aromatic heterocycles. The van der Waals surface area contributed by atoms with Gasteiger partial charge >= 0.3 is 0 Å². The van der Waals surface area contributed by atoms with Gasteiger partial charge in [-0.15, -0.1) is 0 Å². The molecule has 0 atom stereocenters. The molecule has 0 N–H and O–H groups in total. The van der Waals surface area contributed by atoms with Crippen LogP contribution in [-0.2, 0) is 0 Å². The van der Waals surface area contributed by atoms with Crippen LogP contribution in [0.15, 0.2) is 23.2 Å². The molecule has 0 fully saturated rings. The number of hydrogen-bond acceptors (Lipinski definition) is 2. The van der Waals surface area contributed by atoms with Gasteiger partial charge in [0.2, 0.25) is 0 Å². The first-order valence-electron chi connectivity index (χ1n) is 3.90. The quantitative estimate of drug-likeness (QED) is 0.610. The number of nitrogens with zero attached hydrogens (tertiary/aromatic N) is 2. The number of hydrogen-bond donors (Lipinski definition) is 0. The summed E-state index contributed by atoms with van der Waals surface area (Å²) in [6.07, 6.45) is 0. The molecular formula is C10H14N2. The lowest BCUT2D eigenvalue weighted by Gasteiger charge is -2.15. The van der Waals surface area contributed by atoms with Gasteiger partial charge in [0.05, 0.1) is 11.4 Å². The van der Waals surface area contributed by atoms with Gasteiger partial charge in [-0.25, -0.2) is 0 Å². The maximum absolute atomic E-state index is 3.94. The van der Waals surface area contributed by atoms with Gasteiger partial charge < -0.3 is 4.90 Å². The molecule has 0 amide bonds. The number of rotatable bonds is 2. The summed E-state index contributed by atoms with van der Waals surface area (Å²) in [5.41, 5.74) is 3.29. The van der Waals surface area contributed by atoms with Crippen LogP contribution in [0.2, 0.25) is 0 Å². The average Bonchev–Trinajstić information content (AvgIpc) is 2.04. The Kier molecular flexibility index (Phi) is 2.48. The van der Waals surface area contributed by atoms with Crippen LogP contribution in [0.5, 0.6) is 0 Å². The number of anilines is 1. The van der Waals surface area contributed by atoms with Crippen LogP contribution in [-0.4, -0.2) is 20.8 Å². The Morgan fingerprint density at radius 1 is 1.33 bits per heavy atom. The molecule has 0 spiro atoms. The summed E-state index contributed by atoms with van der Waals surface area (Å²) in [7, 11) is 4.01. The molecule has 0 heterocycles. The molecule has 0 unspecified atom stereocenters. The van der Waals surface area contributed by atoms with Gasteiger partial charge in [-0.3, -0.25) is 4.99 Å². The van der Waals surface area contributed by atoms with E-state index in [9.17, 15) is 0 Å². The fraction of sp³-hybridized carbons (Fsp3) is 0.300. The van der Waals surface area contributed by atoms with E-state index in [1.165, 1.54) is 5.56 Å². The van der Waals surface area contributed by atoms with Crippen LogP contribution in [0.3, 0.4) is 0 Å². The largest absolute Gasteiger partial charge is 0.376 e. The minimum Gasteiger partial charge on any atom is -0.376 e. The Morgan fingerprint density at radius 3 is 2.50 bits per heavy atom. The molecule has 1 rings (SSSR count). The smallest absolute Gasteiger partial charge is 0.0855 e. The van der Waals surface area contributed by atoms with Crippen molar-refractivity contribution >= 4 is 18.1 Å². The second-order valence-electron chi connectivity index (χ2n) is 3.04. The third-order valence-corrected chi connectivity index (χ3v) is 1.78. The number of aliphatic imine (C=N–C) groups is 1. The van der Waals surface area contributed by atoms with E-state index in [1.54, 1.807) is 0 Å². The lowest BCUT2D eigenvalue weighted by Crippen LogP contribution is -2.08. The van der Waals surface area contributed by atoms with Gasteiger partial charge in [0.1, 0.15) is 0 Å². The SMILES string of the molecule is C=Nc1ccc(C)cc1N(C)C. The molecule has 0 bridgehead atoms. The average molecular weight is 162 g/mol. The Bertz CT molecular complexity index is 290. The maximum Gasteiger partial charge on any atom is 0.0855 e. The minimum absolute atomic E-state index is 0.936. The minimum atomic E-state index is 0.936. The molecule has 12 heavy (non-hydrogen) atoms. The first-order chi connectivity index (χ1) is 5.65. The van der Waals surface area contributed by atoms with Crippen molar-refractivity contribution in [2.45, 2.75) is 6.92 Å². The predicted octanol–water partition coefficient (Wildman–Crippen LogP) is 2.39. The topological polar surface area (TPSA) is 15.6 Å². The summed E-state index contributed by atoms with van der Waals surface area (Å²) in [5, 5.41) is 0. The zero-order chi connectivity index (χ0) is 9.14. The summed E-state index contributed by atoms with van der Waals surface area (Å²) in [6, 6.07) is 6.12. The summed E-state index contributed by atoms with van der Waals surface area (Å²) >= 11 is 0. The van der Waals surface area contributed by atoms with Crippen LogP contribution in [0.4, 0.5) is 11.4 Å². The van der Waals surface area contributed by atoms with Crippen molar-refractivity contribution in [2.24, 2.45) is 4.99 Å². The van der Waals surface area contributed by atoms with Gasteiger partial charge in [-0.1, -0.05) is 6.07 Å². The fourth-order valence-electron chi connectivity index (χ4n) is 1.13. The van der Waals surface area contributed by atoms with Crippen molar-refractivity contribution < 1.29 is 0 Å². The molecule has 0 aliphatic heterocycles. The standard InChI is InChI=1S/C10H14N2/c1-8-5-6-9(11-2)10(7-8)12(3)4/h5-7H,2H2,1,3-4H3. The van der Waals surface area contributed by atoms with E-state index in [0.29, 0.717) is 0 Å². The van der Waals surface area contributed by atoms with Gasteiger partial charge in [0.15, 0.2) is 0 Å². The fourth-order valence-corrected chi connectivity index (χ4v) is 1.13. The Labute approximate surface area is 73.5 Å². The highest BCUT2D eigenvalue weighted by atomic mass is 15.1. The van der Waals surface area contributed by atoms with Crippen molar-refractivity contribution in [1.29, 1.82) is 0 Å². The van der Waals surface area contributed by atoms with Crippen LogP contribution >= 0.6 is 0 Å². The van der Waals surface area contributed by atoms with Gasteiger partial charge in [0, 0.05) is 14.1 Å². The summed E-state index contributed by atoms with van der Waals surface area (Å²) in [5.74, 6) is 0. The van der Waals surface area contributed by atoms with Crippen molar-refractivity contribution in [3.63, 3.8) is 0 Å². The zero-order valence-corrected chi connectivity index (χ0v) is 7.83. The van der Waals surface area contributed by atoms with E-state index in [4.69, 9.17) is 0 Å². The van der Waals surface area contributed by atoms with Crippen molar-refractivity contribution in [2.75, 3.05) is 19.0 Å². The second kappa shape index (κ2) is 3.39. The van der Waals surface area contributed by atoms with E-state index in [0.717, 1.165) is 11.4 Å². The second-order valence-corrected chi connectivity index (χ2v) is 3.04. The Morgan fingerprint density at radius 2 is 2.00 bits per heavy atom. The Balaban J connectivity index is 3.21. The molecule has 0 saturated carbocycles. The molecule has 1 aromatic rings. The molecule has 2 nitrogen and oxygen atoms in total. The van der Waals surface area contributed by atoms with E-state index in [2.05, 4.69) is 24.7 Å². The molecule has 64 valence electrons. The lowest BCUT2D eigenvalue weighted by molar-refractivity contribution is 1.12. The number of benzene rings is 1. The monoisotopic (exact) mass is 162 g/mol. The highest BCUT2D eigenvalue weighted by molar-refractivity contribution is 5.69. The Hall–Kier alpha value is -1.31. The predicted molar refractivity (Wildman–Crippen MR) is 54.7 cm³/mol. The molecule has 1 aromatic carbocycles. The maximum atomic E-state index is 3.94. The lowest BCUT2D eigenvalue weighted by atomic mass is 10.2. The van der Waals surface area contributed by atoms with Gasteiger partial charge in [0.25, 0.3) is 0 Å². The van der Waals surface area contributed by atoms with Crippen LogP contribution < -0.4 is 4.90 Å². The first kappa shape index (κ1) is 8.78. The molecule has 2 heteroatoms. The third-order valence-electron chi connectivity index (χ3n) is 1.78. The van der Waals surface area contributed by atoms with E-state index in [1.807, 2.05) is 31.1 Å². The summed E-state index contributed by atoms with van der Waals surface area (Å²) in [6.45, 7) is 5.60. The zero-order valence-electron chi connectivity index (χ0n) is 7.83. The van der Waals surface area contributed by atoms with E-state index in [-0.39, 0.29) is 0 Å². The van der Waals surface area contributed by atoms with Gasteiger partial charge in [-0.05, 0) is 31.3 Å². The van der Waals surface area contributed by atoms with Crippen molar-refractivity contribution in [3.8, 4) is 0 Å². The molecule has 0 radical (unpaired) electrons. The third kappa shape index (κ3) is 1.64. The normalized spacial score (nSPS) is 9.58. The van der Waals surface area contributed by atoms with Gasteiger partial charge in [-0.2, -0.15) is 0 Å². The van der Waals surface area contributed by atoms with E-state index >= 15 is 0 Å². The highest BCUT2D eigenvalue weighted by Gasteiger charge is 2.01. The van der Waals surface area contributed by atoms with Crippen LogP contribution in [0.25, 0.3) is 0 Å². The van der Waals surface area contributed by atoms with Crippen LogP contribution in [0, 0.1) is 6.92 Å². The van der Waals surface area contributed by atoms with Crippen molar-refractivity contribution in [3.05, 3.63) is 23.8 Å². The van der Waals surface area contributed by atoms with Crippen molar-refractivity contribution in [1.82, 2.24) is 0 Å². The number of aryl methyl sites for hydroxylation is 1. The molecule has 0 aliphatic carbocycles. The van der Waals surface area contributed by atoms with Crippen LogP contribution in [0.1, 0.15) is 5.56 Å². The molecule has 0 aliphatic rings. The molecule has 0 saturated heterocycles. The van der Waals surface area contributed by atoms with E-state index < -0.39 is 0 Å². The first-order valence-corrected chi connectivity index (χ1v) is 3.90. The summed E-state index contributed by atoms with van der Waals surface area (Å²) in [4.78, 5) is 5.98. The highest BCUT2D eigenvalue weighted by Crippen LogP contribution is 2.27. The summed E-state index contributed by atoms with van der Waals surface area (Å²) < 4.78 is 0.